The molecule has 0 aliphatic heterocycles. The smallest absolute Gasteiger partial charge is 0.221 e. The number of carbonyl (C=O) groups is 1. The van der Waals surface area contributed by atoms with E-state index in [2.05, 4.69) is 0 Å². The van der Waals surface area contributed by atoms with Crippen LogP contribution in [0.4, 0.5) is 0 Å². The maximum absolute atomic E-state index is 10.9. The van der Waals surface area contributed by atoms with E-state index in [4.69, 9.17) is 17.3 Å². The Morgan fingerprint density at radius 3 is 2.35 bits per heavy atom. The Kier molecular flexibility index (Phi) is 3.45. The monoisotopic (exact) mass is 245 g/mol. The number of hydrogen-bond acceptors (Lipinski definition) is 1. The van der Waals surface area contributed by atoms with E-state index in [0.29, 0.717) is 5.02 Å². The average Bonchev–Trinajstić information content (AvgIpc) is 2.28. The van der Waals surface area contributed by atoms with Gasteiger partial charge in [-0.1, -0.05) is 48.0 Å². The van der Waals surface area contributed by atoms with E-state index < -0.39 is 0 Å². The second-order valence-electron chi connectivity index (χ2n) is 3.85. The molecule has 3 heteroatoms. The molecule has 0 spiro atoms. The summed E-state index contributed by atoms with van der Waals surface area (Å²) in [5, 5.41) is 0.697. The highest BCUT2D eigenvalue weighted by molar-refractivity contribution is 6.30. The molecule has 0 saturated heterocycles. The highest BCUT2D eigenvalue weighted by atomic mass is 35.5. The minimum Gasteiger partial charge on any atom is -0.369 e. The number of amides is 1. The van der Waals surface area contributed by atoms with Gasteiger partial charge >= 0.3 is 0 Å². The normalized spacial score (nSPS) is 10.2. The quantitative estimate of drug-likeness (QED) is 0.888. The molecule has 0 fully saturated rings. The average molecular weight is 246 g/mol. The van der Waals surface area contributed by atoms with Gasteiger partial charge in [-0.25, -0.2) is 0 Å². The molecule has 86 valence electrons. The van der Waals surface area contributed by atoms with Crippen molar-refractivity contribution in [3.8, 4) is 11.1 Å². The first kappa shape index (κ1) is 11.7. The number of halogens is 1. The molecular formula is C14H12ClNO. The van der Waals surface area contributed by atoms with Crippen LogP contribution < -0.4 is 5.73 Å². The minimum absolute atomic E-state index is 0.258. The van der Waals surface area contributed by atoms with Crippen molar-refractivity contribution < 1.29 is 4.79 Å². The molecule has 0 aliphatic carbocycles. The van der Waals surface area contributed by atoms with Crippen LogP contribution in [-0.4, -0.2) is 5.91 Å². The Hall–Kier alpha value is -1.80. The SMILES string of the molecule is NC(=O)Cc1cccc(-c2cccc(Cl)c2)c1. The fourth-order valence-electron chi connectivity index (χ4n) is 1.73. The molecule has 1 amide bonds. The molecule has 17 heavy (non-hydrogen) atoms. The van der Waals surface area contributed by atoms with Gasteiger partial charge in [0, 0.05) is 5.02 Å². The van der Waals surface area contributed by atoms with Crippen LogP contribution in [0.2, 0.25) is 5.02 Å². The van der Waals surface area contributed by atoms with Gasteiger partial charge in [0.15, 0.2) is 0 Å². The van der Waals surface area contributed by atoms with E-state index in [9.17, 15) is 4.79 Å². The summed E-state index contributed by atoms with van der Waals surface area (Å²) >= 11 is 5.94. The van der Waals surface area contributed by atoms with Crippen molar-refractivity contribution in [2.75, 3.05) is 0 Å². The van der Waals surface area contributed by atoms with Crippen LogP contribution in [0, 0.1) is 0 Å². The van der Waals surface area contributed by atoms with Crippen LogP contribution in [0.5, 0.6) is 0 Å². The van der Waals surface area contributed by atoms with Gasteiger partial charge < -0.3 is 5.73 Å². The summed E-state index contributed by atoms with van der Waals surface area (Å²) in [4.78, 5) is 10.9. The molecule has 0 unspecified atom stereocenters. The Morgan fingerprint density at radius 2 is 1.71 bits per heavy atom. The lowest BCUT2D eigenvalue weighted by atomic mass is 10.0. The Morgan fingerprint density at radius 1 is 1.06 bits per heavy atom. The topological polar surface area (TPSA) is 43.1 Å². The number of rotatable bonds is 3. The van der Waals surface area contributed by atoms with Crippen molar-refractivity contribution in [1.29, 1.82) is 0 Å². The van der Waals surface area contributed by atoms with Crippen molar-refractivity contribution in [3.05, 3.63) is 59.1 Å². The van der Waals surface area contributed by atoms with Crippen LogP contribution in [0.3, 0.4) is 0 Å². The van der Waals surface area contributed by atoms with Gasteiger partial charge in [-0.05, 0) is 28.8 Å². The third-order valence-corrected chi connectivity index (χ3v) is 2.70. The van der Waals surface area contributed by atoms with Crippen LogP contribution in [0.25, 0.3) is 11.1 Å². The molecule has 0 aromatic heterocycles. The molecule has 0 heterocycles. The summed E-state index contributed by atoms with van der Waals surface area (Å²) in [6, 6.07) is 15.3. The van der Waals surface area contributed by atoms with E-state index in [-0.39, 0.29) is 12.3 Å². The van der Waals surface area contributed by atoms with Gasteiger partial charge in [0.2, 0.25) is 5.91 Å². The zero-order chi connectivity index (χ0) is 12.3. The number of benzene rings is 2. The summed E-state index contributed by atoms with van der Waals surface area (Å²) in [6.07, 6.45) is 0.258. The first-order valence-electron chi connectivity index (χ1n) is 5.28. The van der Waals surface area contributed by atoms with E-state index in [1.165, 1.54) is 0 Å². The van der Waals surface area contributed by atoms with Gasteiger partial charge in [0.05, 0.1) is 6.42 Å². The van der Waals surface area contributed by atoms with E-state index in [1.807, 2.05) is 48.5 Å². The molecule has 0 aliphatic rings. The van der Waals surface area contributed by atoms with Gasteiger partial charge in [-0.15, -0.1) is 0 Å². The first-order chi connectivity index (χ1) is 8.15. The first-order valence-corrected chi connectivity index (χ1v) is 5.66. The van der Waals surface area contributed by atoms with Crippen LogP contribution in [0.15, 0.2) is 48.5 Å². The molecule has 2 rings (SSSR count). The predicted octanol–water partition coefficient (Wildman–Crippen LogP) is 3.03. The predicted molar refractivity (Wildman–Crippen MR) is 69.8 cm³/mol. The van der Waals surface area contributed by atoms with Crippen molar-refractivity contribution >= 4 is 17.5 Å². The third-order valence-electron chi connectivity index (χ3n) is 2.46. The van der Waals surface area contributed by atoms with Crippen molar-refractivity contribution in [1.82, 2.24) is 0 Å². The summed E-state index contributed by atoms with van der Waals surface area (Å²) in [5.74, 6) is -0.326. The third kappa shape index (κ3) is 3.08. The highest BCUT2D eigenvalue weighted by Gasteiger charge is 2.02. The second kappa shape index (κ2) is 5.02. The highest BCUT2D eigenvalue weighted by Crippen LogP contribution is 2.23. The summed E-state index contributed by atoms with van der Waals surface area (Å²) in [6.45, 7) is 0. The number of primary amides is 1. The maximum Gasteiger partial charge on any atom is 0.221 e. The molecule has 0 atom stereocenters. The number of carbonyl (C=O) groups excluding carboxylic acids is 1. The van der Waals surface area contributed by atoms with Gasteiger partial charge in [-0.2, -0.15) is 0 Å². The van der Waals surface area contributed by atoms with Gasteiger partial charge in [0.25, 0.3) is 0 Å². The van der Waals surface area contributed by atoms with Crippen molar-refractivity contribution in [2.24, 2.45) is 5.73 Å². The summed E-state index contributed by atoms with van der Waals surface area (Å²) in [5.41, 5.74) is 8.15. The summed E-state index contributed by atoms with van der Waals surface area (Å²) < 4.78 is 0. The lowest BCUT2D eigenvalue weighted by Gasteiger charge is -2.04. The maximum atomic E-state index is 10.9. The van der Waals surface area contributed by atoms with Crippen LogP contribution in [0.1, 0.15) is 5.56 Å². The van der Waals surface area contributed by atoms with Gasteiger partial charge in [0.1, 0.15) is 0 Å². The zero-order valence-corrected chi connectivity index (χ0v) is 9.95. The van der Waals surface area contributed by atoms with E-state index in [0.717, 1.165) is 16.7 Å². The molecule has 0 bridgehead atoms. The molecule has 2 aromatic rings. The molecular weight excluding hydrogens is 234 g/mol. The zero-order valence-electron chi connectivity index (χ0n) is 9.19. The Bertz CT molecular complexity index is 551. The lowest BCUT2D eigenvalue weighted by molar-refractivity contribution is -0.117. The Balaban J connectivity index is 2.36. The van der Waals surface area contributed by atoms with Crippen molar-refractivity contribution in [2.45, 2.75) is 6.42 Å². The minimum atomic E-state index is -0.326. The molecule has 2 N–H and O–H groups in total. The lowest BCUT2D eigenvalue weighted by Crippen LogP contribution is -2.13. The summed E-state index contributed by atoms with van der Waals surface area (Å²) in [7, 11) is 0. The Labute approximate surface area is 105 Å². The van der Waals surface area contributed by atoms with Gasteiger partial charge in [-0.3, -0.25) is 4.79 Å². The molecule has 2 nitrogen and oxygen atoms in total. The fraction of sp³-hybridized carbons (Fsp3) is 0.0714. The van der Waals surface area contributed by atoms with E-state index >= 15 is 0 Å². The van der Waals surface area contributed by atoms with Crippen molar-refractivity contribution in [3.63, 3.8) is 0 Å². The van der Waals surface area contributed by atoms with E-state index in [1.54, 1.807) is 0 Å². The second-order valence-corrected chi connectivity index (χ2v) is 4.29. The number of hydrogen-bond donors (Lipinski definition) is 1. The van der Waals surface area contributed by atoms with Crippen LogP contribution in [-0.2, 0) is 11.2 Å². The van der Waals surface area contributed by atoms with Crippen LogP contribution >= 0.6 is 11.6 Å². The molecule has 0 saturated carbocycles. The number of nitrogens with two attached hydrogens (primary N) is 1. The molecule has 2 aromatic carbocycles. The molecule has 0 radical (unpaired) electrons. The largest absolute Gasteiger partial charge is 0.369 e. The fourth-order valence-corrected chi connectivity index (χ4v) is 1.92. The standard InChI is InChI=1S/C14H12ClNO/c15-13-6-2-5-12(9-13)11-4-1-3-10(7-11)8-14(16)17/h1-7,9H,8H2,(H2,16,17).